The van der Waals surface area contributed by atoms with E-state index in [1.807, 2.05) is 66.7 Å². The Balaban J connectivity index is 1.76. The van der Waals surface area contributed by atoms with Crippen LogP contribution in [0.5, 0.6) is 11.5 Å². The molecular formula is C28H23FN2O2. The van der Waals surface area contributed by atoms with E-state index in [9.17, 15) is 4.39 Å². The molecule has 0 amide bonds. The maximum Gasteiger partial charge on any atom is 0.139 e. The van der Waals surface area contributed by atoms with Crippen LogP contribution in [0, 0.1) is 5.82 Å². The zero-order valence-corrected chi connectivity index (χ0v) is 18.4. The molecule has 4 nitrogen and oxygen atoms in total. The molecular weight excluding hydrogens is 415 g/mol. The number of nitrogens with zero attached hydrogens (tertiary/aromatic N) is 1. The normalized spacial score (nSPS) is 16.8. The number of aliphatic imine (C=N–C) groups is 1. The highest BCUT2D eigenvalue weighted by Crippen LogP contribution is 2.47. The van der Waals surface area contributed by atoms with Gasteiger partial charge in [0.25, 0.3) is 0 Å². The second-order valence-electron chi connectivity index (χ2n) is 7.94. The Hall–Kier alpha value is -4.12. The quantitative estimate of drug-likeness (QED) is 0.446. The zero-order valence-electron chi connectivity index (χ0n) is 18.4. The molecule has 1 aliphatic rings. The van der Waals surface area contributed by atoms with E-state index in [-0.39, 0.29) is 5.82 Å². The van der Waals surface area contributed by atoms with Crippen molar-refractivity contribution in [2.24, 2.45) is 10.7 Å². The Labute approximate surface area is 192 Å². The molecule has 5 heteroatoms. The van der Waals surface area contributed by atoms with Crippen molar-refractivity contribution in [1.82, 2.24) is 0 Å². The summed E-state index contributed by atoms with van der Waals surface area (Å²) in [5.41, 5.74) is 10.6. The molecule has 4 aromatic rings. The van der Waals surface area contributed by atoms with E-state index in [1.165, 1.54) is 12.1 Å². The topological polar surface area (TPSA) is 56.8 Å². The first-order valence-electron chi connectivity index (χ1n) is 10.6. The van der Waals surface area contributed by atoms with Crippen LogP contribution in [0.25, 0.3) is 11.1 Å². The van der Waals surface area contributed by atoms with Gasteiger partial charge in [-0.05, 0) is 70.8 Å². The van der Waals surface area contributed by atoms with Gasteiger partial charge in [-0.15, -0.1) is 0 Å². The van der Waals surface area contributed by atoms with Crippen LogP contribution >= 0.6 is 0 Å². The van der Waals surface area contributed by atoms with Gasteiger partial charge in [-0.2, -0.15) is 0 Å². The van der Waals surface area contributed by atoms with Gasteiger partial charge >= 0.3 is 0 Å². The largest absolute Gasteiger partial charge is 0.497 e. The molecule has 0 aliphatic carbocycles. The minimum Gasteiger partial charge on any atom is -0.497 e. The van der Waals surface area contributed by atoms with Gasteiger partial charge in [0.15, 0.2) is 0 Å². The Kier molecular flexibility index (Phi) is 5.09. The van der Waals surface area contributed by atoms with Crippen LogP contribution < -0.4 is 15.2 Å². The number of methoxy groups -OCH3 is 2. The first kappa shape index (κ1) is 20.8. The summed E-state index contributed by atoms with van der Waals surface area (Å²) in [4.78, 5) is 4.96. The first-order chi connectivity index (χ1) is 16.0. The molecule has 0 saturated carbocycles. The molecule has 1 heterocycles. The van der Waals surface area contributed by atoms with Crippen molar-refractivity contribution in [2.75, 3.05) is 14.2 Å². The Morgan fingerprint density at radius 1 is 0.727 bits per heavy atom. The van der Waals surface area contributed by atoms with Crippen molar-refractivity contribution >= 4 is 5.84 Å². The lowest BCUT2D eigenvalue weighted by atomic mass is 9.77. The number of nitrogens with two attached hydrogens (primary N) is 1. The van der Waals surface area contributed by atoms with Gasteiger partial charge in [-0.1, -0.05) is 42.5 Å². The Morgan fingerprint density at radius 2 is 1.42 bits per heavy atom. The van der Waals surface area contributed by atoms with Crippen molar-refractivity contribution in [3.8, 4) is 22.6 Å². The van der Waals surface area contributed by atoms with E-state index < -0.39 is 5.54 Å². The van der Waals surface area contributed by atoms with E-state index in [4.69, 9.17) is 20.2 Å². The van der Waals surface area contributed by atoms with Crippen LogP contribution in [0.4, 0.5) is 4.39 Å². The first-order valence-corrected chi connectivity index (χ1v) is 10.6. The molecule has 164 valence electrons. The standard InChI is InChI=1S/C28H23FN2O2/c1-32-23-12-9-20(10-13-23)28(26-17-22(29)11-14-25(26)27(30)31-28)21-7-3-5-18(15-21)19-6-4-8-24(16-19)33-2/h3-17H,1-2H3,(H2,30,31). The van der Waals surface area contributed by atoms with E-state index >= 15 is 0 Å². The second kappa shape index (κ2) is 8.10. The van der Waals surface area contributed by atoms with E-state index in [0.29, 0.717) is 11.4 Å². The number of amidine groups is 1. The van der Waals surface area contributed by atoms with E-state index in [1.54, 1.807) is 20.3 Å². The van der Waals surface area contributed by atoms with Crippen molar-refractivity contribution in [2.45, 2.75) is 5.54 Å². The van der Waals surface area contributed by atoms with Crippen molar-refractivity contribution in [3.63, 3.8) is 0 Å². The molecule has 1 aliphatic heterocycles. The highest BCUT2D eigenvalue weighted by atomic mass is 19.1. The summed E-state index contributed by atoms with van der Waals surface area (Å²) in [6.07, 6.45) is 0. The molecule has 0 saturated heterocycles. The predicted octanol–water partition coefficient (Wildman–Crippen LogP) is 5.52. The van der Waals surface area contributed by atoms with Crippen LogP contribution in [-0.2, 0) is 5.54 Å². The molecule has 0 fully saturated rings. The highest BCUT2D eigenvalue weighted by Gasteiger charge is 2.43. The van der Waals surface area contributed by atoms with Crippen LogP contribution in [-0.4, -0.2) is 20.1 Å². The maximum atomic E-state index is 14.5. The van der Waals surface area contributed by atoms with Crippen LogP contribution in [0.3, 0.4) is 0 Å². The summed E-state index contributed by atoms with van der Waals surface area (Å²) in [7, 11) is 3.27. The summed E-state index contributed by atoms with van der Waals surface area (Å²) < 4.78 is 25.2. The average molecular weight is 439 g/mol. The molecule has 1 unspecified atom stereocenters. The fourth-order valence-corrected chi connectivity index (χ4v) is 4.51. The highest BCUT2D eigenvalue weighted by molar-refractivity contribution is 6.03. The number of halogens is 1. The van der Waals surface area contributed by atoms with Gasteiger partial charge in [0.05, 0.1) is 14.2 Å². The fourth-order valence-electron chi connectivity index (χ4n) is 4.51. The summed E-state index contributed by atoms with van der Waals surface area (Å²) in [6, 6.07) is 28.3. The van der Waals surface area contributed by atoms with Gasteiger partial charge in [-0.3, -0.25) is 0 Å². The smallest absolute Gasteiger partial charge is 0.139 e. The lowest BCUT2D eigenvalue weighted by Gasteiger charge is -2.30. The lowest BCUT2D eigenvalue weighted by molar-refractivity contribution is 0.414. The van der Waals surface area contributed by atoms with Gasteiger partial charge in [0.2, 0.25) is 0 Å². The average Bonchev–Trinajstić information content (AvgIpc) is 3.16. The van der Waals surface area contributed by atoms with Gasteiger partial charge < -0.3 is 15.2 Å². The molecule has 0 spiro atoms. The van der Waals surface area contributed by atoms with Crippen molar-refractivity contribution in [3.05, 3.63) is 119 Å². The van der Waals surface area contributed by atoms with Gasteiger partial charge in [-0.25, -0.2) is 9.38 Å². The molecule has 33 heavy (non-hydrogen) atoms. The second-order valence-corrected chi connectivity index (χ2v) is 7.94. The number of hydrogen-bond donors (Lipinski definition) is 1. The van der Waals surface area contributed by atoms with Gasteiger partial charge in [0.1, 0.15) is 28.7 Å². The SMILES string of the molecule is COc1ccc(C2(c3cccc(-c4cccc(OC)c4)c3)N=C(N)c3ccc(F)cc32)cc1. The summed E-state index contributed by atoms with van der Waals surface area (Å²) in [6.45, 7) is 0. The number of ether oxygens (including phenoxy) is 2. The third kappa shape index (κ3) is 3.42. The van der Waals surface area contributed by atoms with Crippen LogP contribution in [0.2, 0.25) is 0 Å². The molecule has 0 bridgehead atoms. The Morgan fingerprint density at radius 3 is 2.15 bits per heavy atom. The minimum absolute atomic E-state index is 0.333. The third-order valence-corrected chi connectivity index (χ3v) is 6.13. The molecule has 4 aromatic carbocycles. The number of fused-ring (bicyclic) bond motifs is 1. The molecule has 0 aromatic heterocycles. The molecule has 0 radical (unpaired) electrons. The minimum atomic E-state index is -0.983. The van der Waals surface area contributed by atoms with Crippen molar-refractivity contribution < 1.29 is 13.9 Å². The molecule has 5 rings (SSSR count). The van der Waals surface area contributed by atoms with Crippen LogP contribution in [0.1, 0.15) is 22.3 Å². The Bertz CT molecular complexity index is 1360. The van der Waals surface area contributed by atoms with E-state index in [0.717, 1.165) is 39.3 Å². The monoisotopic (exact) mass is 438 g/mol. The number of benzene rings is 4. The van der Waals surface area contributed by atoms with Crippen molar-refractivity contribution in [1.29, 1.82) is 0 Å². The molecule has 2 N–H and O–H groups in total. The molecule has 1 atom stereocenters. The number of rotatable bonds is 5. The maximum absolute atomic E-state index is 14.5. The summed E-state index contributed by atoms with van der Waals surface area (Å²) >= 11 is 0. The van der Waals surface area contributed by atoms with Gasteiger partial charge in [0, 0.05) is 11.1 Å². The summed E-state index contributed by atoms with van der Waals surface area (Å²) in [5, 5.41) is 0. The predicted molar refractivity (Wildman–Crippen MR) is 128 cm³/mol. The summed E-state index contributed by atoms with van der Waals surface area (Å²) in [5.74, 6) is 1.56. The van der Waals surface area contributed by atoms with Crippen LogP contribution in [0.15, 0.2) is 96.0 Å². The van der Waals surface area contributed by atoms with E-state index in [2.05, 4.69) is 6.07 Å². The lowest BCUT2D eigenvalue weighted by Crippen LogP contribution is -2.25. The zero-order chi connectivity index (χ0) is 23.0. The third-order valence-electron chi connectivity index (χ3n) is 6.13. The fraction of sp³-hybridized carbons (Fsp3) is 0.107. The number of hydrogen-bond acceptors (Lipinski definition) is 4.